The van der Waals surface area contributed by atoms with Crippen molar-refractivity contribution in [1.82, 2.24) is 0 Å². The molecule has 0 radical (unpaired) electrons. The lowest BCUT2D eigenvalue weighted by Gasteiger charge is -2.21. The number of aliphatic hydroxyl groups is 1. The molecule has 0 spiro atoms. The lowest BCUT2D eigenvalue weighted by atomic mass is 9.86. The van der Waals surface area contributed by atoms with Gasteiger partial charge in [-0.25, -0.2) is 0 Å². The van der Waals surface area contributed by atoms with Crippen molar-refractivity contribution < 1.29 is 9.90 Å². The molecule has 2 rings (SSSR count). The smallest absolute Gasteiger partial charge is 0.273 e. The molecule has 4 nitrogen and oxygen atoms in total. The number of anilines is 1. The minimum Gasteiger partial charge on any atom is -0.512 e. The van der Waals surface area contributed by atoms with Gasteiger partial charge in [0.25, 0.3) is 5.91 Å². The average molecular weight is 286 g/mol. The number of allylic oxidation sites excluding steroid dienone is 1. The Bertz CT molecular complexity index is 617. The minimum atomic E-state index is -0.464. The molecule has 1 aromatic carbocycles. The van der Waals surface area contributed by atoms with Crippen LogP contribution in [0.25, 0.3) is 0 Å². The maximum atomic E-state index is 12.2. The van der Waals surface area contributed by atoms with Crippen molar-refractivity contribution in [2.75, 3.05) is 5.32 Å². The van der Waals surface area contributed by atoms with Gasteiger partial charge in [0.05, 0.1) is 5.76 Å². The van der Waals surface area contributed by atoms with Gasteiger partial charge in [0.15, 0.2) is 0 Å². The number of amides is 1. The maximum absolute atomic E-state index is 12.2. The Morgan fingerprint density at radius 3 is 2.71 bits per heavy atom. The van der Waals surface area contributed by atoms with E-state index in [1.807, 2.05) is 32.0 Å². The standard InChI is InChI=1S/C17H22N2O2/c1-10-4-7-15(20)14(8-10)16(18)17(21)19-13-6-5-11(2)12(3)9-13/h5-6,9-10,18,20H,4,7-8H2,1-3H3,(H,19,21). The number of nitrogens with one attached hydrogen (secondary N) is 2. The molecule has 3 N–H and O–H groups in total. The number of aliphatic hydroxyl groups excluding tert-OH is 1. The summed E-state index contributed by atoms with van der Waals surface area (Å²) in [6, 6.07) is 5.65. The van der Waals surface area contributed by atoms with E-state index < -0.39 is 5.91 Å². The fourth-order valence-electron chi connectivity index (χ4n) is 2.50. The largest absolute Gasteiger partial charge is 0.512 e. The molecule has 21 heavy (non-hydrogen) atoms. The van der Waals surface area contributed by atoms with Gasteiger partial charge in [0, 0.05) is 17.7 Å². The Morgan fingerprint density at radius 2 is 2.05 bits per heavy atom. The van der Waals surface area contributed by atoms with Gasteiger partial charge in [-0.2, -0.15) is 0 Å². The number of rotatable bonds is 3. The van der Waals surface area contributed by atoms with Gasteiger partial charge in [-0.1, -0.05) is 13.0 Å². The summed E-state index contributed by atoms with van der Waals surface area (Å²) in [6.07, 6.45) is 2.04. The number of hydrogen-bond acceptors (Lipinski definition) is 3. The van der Waals surface area contributed by atoms with Crippen LogP contribution in [0.5, 0.6) is 0 Å². The zero-order valence-corrected chi connectivity index (χ0v) is 12.8. The summed E-state index contributed by atoms with van der Waals surface area (Å²) in [5, 5.41) is 20.7. The predicted octanol–water partition coefficient (Wildman–Crippen LogP) is 3.89. The third-order valence-electron chi connectivity index (χ3n) is 4.07. The van der Waals surface area contributed by atoms with E-state index in [1.54, 1.807) is 0 Å². The first-order valence-electron chi connectivity index (χ1n) is 7.27. The Kier molecular flexibility index (Phi) is 4.46. The first kappa shape index (κ1) is 15.3. The molecule has 0 saturated carbocycles. The second-order valence-corrected chi connectivity index (χ2v) is 5.90. The molecule has 0 saturated heterocycles. The Labute approximate surface area is 125 Å². The average Bonchev–Trinajstić information content (AvgIpc) is 2.44. The van der Waals surface area contributed by atoms with Crippen LogP contribution in [0, 0.1) is 25.2 Å². The number of hydrogen-bond donors (Lipinski definition) is 3. The highest BCUT2D eigenvalue weighted by atomic mass is 16.3. The quantitative estimate of drug-likeness (QED) is 0.737. The second-order valence-electron chi connectivity index (χ2n) is 5.90. The third-order valence-corrected chi connectivity index (χ3v) is 4.07. The van der Waals surface area contributed by atoms with Crippen LogP contribution in [0.15, 0.2) is 29.5 Å². The highest BCUT2D eigenvalue weighted by Gasteiger charge is 2.24. The monoisotopic (exact) mass is 286 g/mol. The maximum Gasteiger partial charge on any atom is 0.273 e. The van der Waals surface area contributed by atoms with Gasteiger partial charge in [-0.15, -0.1) is 0 Å². The molecule has 4 heteroatoms. The molecule has 1 unspecified atom stereocenters. The SMILES string of the molecule is Cc1ccc(NC(=O)C(=N)C2=C(O)CCC(C)C2)cc1C. The van der Waals surface area contributed by atoms with Gasteiger partial charge in [0.1, 0.15) is 5.71 Å². The fourth-order valence-corrected chi connectivity index (χ4v) is 2.50. The fraction of sp³-hybridized carbons (Fsp3) is 0.412. The lowest BCUT2D eigenvalue weighted by Crippen LogP contribution is -2.27. The van der Waals surface area contributed by atoms with Crippen LogP contribution < -0.4 is 5.32 Å². The zero-order valence-electron chi connectivity index (χ0n) is 12.8. The molecule has 0 bridgehead atoms. The molecule has 0 aromatic heterocycles. The second kappa shape index (κ2) is 6.12. The Hall–Kier alpha value is -2.10. The topological polar surface area (TPSA) is 73.2 Å². The van der Waals surface area contributed by atoms with E-state index in [9.17, 15) is 9.90 Å². The lowest BCUT2D eigenvalue weighted by molar-refractivity contribution is -0.110. The molecule has 0 heterocycles. The van der Waals surface area contributed by atoms with E-state index in [1.165, 1.54) is 0 Å². The van der Waals surface area contributed by atoms with Crippen molar-refractivity contribution in [3.05, 3.63) is 40.7 Å². The van der Waals surface area contributed by atoms with Crippen molar-refractivity contribution in [1.29, 1.82) is 5.41 Å². The van der Waals surface area contributed by atoms with Crippen molar-refractivity contribution in [3.8, 4) is 0 Å². The van der Waals surface area contributed by atoms with Gasteiger partial charge >= 0.3 is 0 Å². The summed E-state index contributed by atoms with van der Waals surface area (Å²) < 4.78 is 0. The number of benzene rings is 1. The van der Waals surface area contributed by atoms with Crippen LogP contribution >= 0.6 is 0 Å². The van der Waals surface area contributed by atoms with E-state index in [-0.39, 0.29) is 11.5 Å². The van der Waals surface area contributed by atoms with E-state index in [0.29, 0.717) is 30.0 Å². The molecular formula is C17H22N2O2. The predicted molar refractivity (Wildman–Crippen MR) is 84.9 cm³/mol. The summed E-state index contributed by atoms with van der Waals surface area (Å²) >= 11 is 0. The zero-order chi connectivity index (χ0) is 15.6. The van der Waals surface area contributed by atoms with Crippen molar-refractivity contribution >= 4 is 17.3 Å². The van der Waals surface area contributed by atoms with Crippen molar-refractivity contribution in [2.45, 2.75) is 40.0 Å². The summed E-state index contributed by atoms with van der Waals surface area (Å²) in [4.78, 5) is 12.2. The molecule has 0 aliphatic heterocycles. The van der Waals surface area contributed by atoms with Crippen molar-refractivity contribution in [2.24, 2.45) is 5.92 Å². The first-order valence-corrected chi connectivity index (χ1v) is 7.27. The molecule has 112 valence electrons. The highest BCUT2D eigenvalue weighted by Crippen LogP contribution is 2.28. The van der Waals surface area contributed by atoms with Gasteiger partial charge in [0.2, 0.25) is 0 Å². The molecular weight excluding hydrogens is 264 g/mol. The molecule has 1 atom stereocenters. The highest BCUT2D eigenvalue weighted by molar-refractivity contribution is 6.47. The van der Waals surface area contributed by atoms with Crippen LogP contribution in [-0.4, -0.2) is 16.7 Å². The van der Waals surface area contributed by atoms with Crippen LogP contribution in [0.2, 0.25) is 0 Å². The molecule has 1 amide bonds. The summed E-state index contributed by atoms with van der Waals surface area (Å²) in [7, 11) is 0. The minimum absolute atomic E-state index is 0.128. The van der Waals surface area contributed by atoms with Crippen LogP contribution in [0.4, 0.5) is 5.69 Å². The number of carbonyl (C=O) groups is 1. The van der Waals surface area contributed by atoms with Crippen LogP contribution in [-0.2, 0) is 4.79 Å². The van der Waals surface area contributed by atoms with Gasteiger partial charge in [-0.05, 0) is 55.9 Å². The van der Waals surface area contributed by atoms with E-state index >= 15 is 0 Å². The Balaban J connectivity index is 2.12. The van der Waals surface area contributed by atoms with E-state index in [0.717, 1.165) is 17.5 Å². The van der Waals surface area contributed by atoms with Gasteiger partial charge < -0.3 is 10.4 Å². The molecule has 0 fully saturated rings. The van der Waals surface area contributed by atoms with E-state index in [2.05, 4.69) is 12.2 Å². The van der Waals surface area contributed by atoms with E-state index in [4.69, 9.17) is 5.41 Å². The summed E-state index contributed by atoms with van der Waals surface area (Å²) in [6.45, 7) is 6.06. The number of aryl methyl sites for hydroxylation is 2. The summed E-state index contributed by atoms with van der Waals surface area (Å²) in [5.74, 6) is 0.118. The molecule has 1 aliphatic rings. The number of carbonyl (C=O) groups excluding carboxylic acids is 1. The van der Waals surface area contributed by atoms with Crippen molar-refractivity contribution in [3.63, 3.8) is 0 Å². The first-order chi connectivity index (χ1) is 9.88. The summed E-state index contributed by atoms with van der Waals surface area (Å²) in [5.41, 5.74) is 3.28. The van der Waals surface area contributed by atoms with Crippen LogP contribution in [0.3, 0.4) is 0 Å². The molecule has 1 aliphatic carbocycles. The Morgan fingerprint density at radius 1 is 1.33 bits per heavy atom. The third kappa shape index (κ3) is 3.51. The van der Waals surface area contributed by atoms with Crippen LogP contribution in [0.1, 0.15) is 37.3 Å². The van der Waals surface area contributed by atoms with Gasteiger partial charge in [-0.3, -0.25) is 10.2 Å². The normalized spacial score (nSPS) is 18.5. The molecule has 1 aromatic rings.